The average Bonchev–Trinajstić information content (AvgIpc) is 2.86. The van der Waals surface area contributed by atoms with E-state index in [4.69, 9.17) is 0 Å². The number of aryl methyl sites for hydroxylation is 2. The quantitative estimate of drug-likeness (QED) is 0.845. The van der Waals surface area contributed by atoms with Gasteiger partial charge in [0.05, 0.1) is 17.9 Å². The number of pyridine rings is 1. The van der Waals surface area contributed by atoms with Crippen molar-refractivity contribution in [2.75, 3.05) is 6.54 Å². The zero-order valence-corrected chi connectivity index (χ0v) is 12.0. The molecule has 2 rings (SSSR count). The average molecular weight is 276 g/mol. The molecule has 0 amide bonds. The summed E-state index contributed by atoms with van der Waals surface area (Å²) in [7, 11) is 1.90. The molecule has 0 fully saturated rings. The number of aromatic nitrogens is 3. The maximum absolute atomic E-state index is 13.9. The molecular formula is C15H21FN4. The highest BCUT2D eigenvalue weighted by molar-refractivity contribution is 5.13. The van der Waals surface area contributed by atoms with Gasteiger partial charge in [0, 0.05) is 19.4 Å². The molecule has 0 bridgehead atoms. The lowest BCUT2D eigenvalue weighted by molar-refractivity contribution is 0.460. The third-order valence-electron chi connectivity index (χ3n) is 3.24. The Kier molecular flexibility index (Phi) is 5.24. The molecule has 4 nitrogen and oxygen atoms in total. The molecule has 1 N–H and O–H groups in total. The summed E-state index contributed by atoms with van der Waals surface area (Å²) in [6.07, 6.45) is 8.16. The second-order valence-corrected chi connectivity index (χ2v) is 4.94. The Hall–Kier alpha value is -1.75. The van der Waals surface area contributed by atoms with Crippen LogP contribution in [0.1, 0.15) is 37.1 Å². The molecule has 108 valence electrons. The fourth-order valence-corrected chi connectivity index (χ4v) is 2.22. The number of hydrogen-bond acceptors (Lipinski definition) is 3. The van der Waals surface area contributed by atoms with Crippen molar-refractivity contribution in [3.05, 3.63) is 47.8 Å². The topological polar surface area (TPSA) is 42.7 Å². The van der Waals surface area contributed by atoms with Crippen molar-refractivity contribution >= 4 is 0 Å². The number of rotatable bonds is 7. The second kappa shape index (κ2) is 7.14. The Balaban J connectivity index is 2.05. The fraction of sp³-hybridized carbons (Fsp3) is 0.467. The number of halogens is 1. The Labute approximate surface area is 119 Å². The van der Waals surface area contributed by atoms with Crippen LogP contribution in [0.5, 0.6) is 0 Å². The maximum atomic E-state index is 13.9. The number of hydrogen-bond donors (Lipinski definition) is 1. The van der Waals surface area contributed by atoms with Gasteiger partial charge in [-0.25, -0.2) is 4.39 Å². The van der Waals surface area contributed by atoms with Crippen LogP contribution in [0.3, 0.4) is 0 Å². The van der Waals surface area contributed by atoms with E-state index >= 15 is 0 Å². The Morgan fingerprint density at radius 3 is 2.95 bits per heavy atom. The van der Waals surface area contributed by atoms with Crippen molar-refractivity contribution in [2.24, 2.45) is 7.05 Å². The first-order valence-corrected chi connectivity index (χ1v) is 7.02. The van der Waals surface area contributed by atoms with Gasteiger partial charge in [0.1, 0.15) is 5.82 Å². The van der Waals surface area contributed by atoms with E-state index in [9.17, 15) is 4.39 Å². The van der Waals surface area contributed by atoms with Crippen LogP contribution in [0, 0.1) is 5.82 Å². The third kappa shape index (κ3) is 3.87. The van der Waals surface area contributed by atoms with Crippen molar-refractivity contribution in [2.45, 2.75) is 32.2 Å². The largest absolute Gasteiger partial charge is 0.309 e. The first kappa shape index (κ1) is 14.7. The molecule has 2 aromatic rings. The van der Waals surface area contributed by atoms with Crippen LogP contribution in [0.25, 0.3) is 0 Å². The van der Waals surface area contributed by atoms with Crippen LogP contribution in [-0.2, 0) is 13.5 Å². The van der Waals surface area contributed by atoms with Gasteiger partial charge >= 0.3 is 0 Å². The van der Waals surface area contributed by atoms with Gasteiger partial charge < -0.3 is 5.32 Å². The molecule has 0 saturated carbocycles. The van der Waals surface area contributed by atoms with Gasteiger partial charge in [-0.05, 0) is 43.5 Å². The summed E-state index contributed by atoms with van der Waals surface area (Å²) in [4.78, 5) is 4.19. The molecule has 0 saturated heterocycles. The van der Waals surface area contributed by atoms with E-state index in [2.05, 4.69) is 22.3 Å². The van der Waals surface area contributed by atoms with Crippen LogP contribution in [-0.4, -0.2) is 21.3 Å². The zero-order valence-electron chi connectivity index (χ0n) is 12.0. The number of nitrogens with zero attached hydrogens (tertiary/aromatic N) is 3. The molecule has 5 heteroatoms. The number of nitrogens with one attached hydrogen (secondary N) is 1. The monoisotopic (exact) mass is 276 g/mol. The van der Waals surface area contributed by atoms with Crippen molar-refractivity contribution in [1.82, 2.24) is 20.1 Å². The van der Waals surface area contributed by atoms with Crippen molar-refractivity contribution in [1.29, 1.82) is 0 Å². The minimum absolute atomic E-state index is 0.0589. The van der Waals surface area contributed by atoms with Crippen LogP contribution in [0.15, 0.2) is 30.7 Å². The fourth-order valence-electron chi connectivity index (χ4n) is 2.22. The Morgan fingerprint density at radius 2 is 2.30 bits per heavy atom. The third-order valence-corrected chi connectivity index (χ3v) is 3.24. The van der Waals surface area contributed by atoms with Crippen LogP contribution in [0.2, 0.25) is 0 Å². The van der Waals surface area contributed by atoms with Gasteiger partial charge in [-0.2, -0.15) is 5.10 Å². The molecule has 1 unspecified atom stereocenters. The Bertz CT molecular complexity index is 538. The predicted molar refractivity (Wildman–Crippen MR) is 76.8 cm³/mol. The summed E-state index contributed by atoms with van der Waals surface area (Å²) in [5.74, 6) is -0.243. The predicted octanol–water partition coefficient (Wildman–Crippen LogP) is 2.63. The van der Waals surface area contributed by atoms with Crippen molar-refractivity contribution < 1.29 is 4.39 Å². The van der Waals surface area contributed by atoms with Crippen LogP contribution >= 0.6 is 0 Å². The first-order chi connectivity index (χ1) is 9.70. The van der Waals surface area contributed by atoms with Gasteiger partial charge in [-0.3, -0.25) is 9.67 Å². The lowest BCUT2D eigenvalue weighted by Crippen LogP contribution is -2.24. The van der Waals surface area contributed by atoms with E-state index in [1.54, 1.807) is 16.9 Å². The first-order valence-electron chi connectivity index (χ1n) is 7.02. The van der Waals surface area contributed by atoms with Crippen LogP contribution in [0.4, 0.5) is 4.39 Å². The molecule has 1 atom stereocenters. The molecule has 0 spiro atoms. The minimum Gasteiger partial charge on any atom is -0.309 e. The van der Waals surface area contributed by atoms with Crippen LogP contribution < -0.4 is 5.32 Å². The van der Waals surface area contributed by atoms with E-state index in [-0.39, 0.29) is 11.9 Å². The van der Waals surface area contributed by atoms with Crippen molar-refractivity contribution in [3.8, 4) is 0 Å². The van der Waals surface area contributed by atoms with Gasteiger partial charge in [0.25, 0.3) is 0 Å². The molecule has 0 aliphatic heterocycles. The van der Waals surface area contributed by atoms with Gasteiger partial charge in [0.2, 0.25) is 0 Å². The highest BCUT2D eigenvalue weighted by Crippen LogP contribution is 2.19. The SMILES string of the molecule is CCCNC(CCc1cnn(C)c1)c1ncccc1F. The summed E-state index contributed by atoms with van der Waals surface area (Å²) >= 11 is 0. The normalized spacial score (nSPS) is 12.6. The van der Waals surface area contributed by atoms with E-state index in [1.807, 2.05) is 19.4 Å². The van der Waals surface area contributed by atoms with E-state index in [0.29, 0.717) is 5.69 Å². The van der Waals surface area contributed by atoms with E-state index in [1.165, 1.54) is 6.07 Å². The molecular weight excluding hydrogens is 255 g/mol. The van der Waals surface area contributed by atoms with E-state index < -0.39 is 0 Å². The molecule has 2 aromatic heterocycles. The molecule has 0 aliphatic rings. The zero-order chi connectivity index (χ0) is 14.4. The smallest absolute Gasteiger partial charge is 0.146 e. The molecule has 0 aromatic carbocycles. The second-order valence-electron chi connectivity index (χ2n) is 4.94. The summed E-state index contributed by atoms with van der Waals surface area (Å²) in [6.45, 7) is 2.95. The summed E-state index contributed by atoms with van der Waals surface area (Å²) in [5, 5.41) is 7.53. The van der Waals surface area contributed by atoms with Gasteiger partial charge in [-0.15, -0.1) is 0 Å². The lowest BCUT2D eigenvalue weighted by Gasteiger charge is -2.18. The highest BCUT2D eigenvalue weighted by Gasteiger charge is 2.16. The lowest BCUT2D eigenvalue weighted by atomic mass is 10.0. The van der Waals surface area contributed by atoms with Gasteiger partial charge in [0.15, 0.2) is 0 Å². The molecule has 0 radical (unpaired) electrons. The standard InChI is InChI=1S/C15H21FN4/c1-3-8-17-14(15-13(16)5-4-9-18-15)7-6-12-10-19-20(2)11-12/h4-5,9-11,14,17H,3,6-8H2,1-2H3. The molecule has 0 aliphatic carbocycles. The minimum atomic E-state index is -0.243. The summed E-state index contributed by atoms with van der Waals surface area (Å²) in [5.41, 5.74) is 1.66. The summed E-state index contributed by atoms with van der Waals surface area (Å²) < 4.78 is 15.7. The van der Waals surface area contributed by atoms with Gasteiger partial charge in [-0.1, -0.05) is 6.92 Å². The molecule has 20 heavy (non-hydrogen) atoms. The summed E-state index contributed by atoms with van der Waals surface area (Å²) in [6, 6.07) is 3.03. The molecule has 2 heterocycles. The van der Waals surface area contributed by atoms with E-state index in [0.717, 1.165) is 31.4 Å². The Morgan fingerprint density at radius 1 is 1.45 bits per heavy atom. The van der Waals surface area contributed by atoms with Crippen molar-refractivity contribution in [3.63, 3.8) is 0 Å². The maximum Gasteiger partial charge on any atom is 0.146 e. The highest BCUT2D eigenvalue weighted by atomic mass is 19.1.